The minimum absolute atomic E-state index is 0.00665. The van der Waals surface area contributed by atoms with Crippen molar-refractivity contribution < 1.29 is 32.6 Å². The van der Waals surface area contributed by atoms with E-state index in [4.69, 9.17) is 5.11 Å². The van der Waals surface area contributed by atoms with E-state index in [1.165, 1.54) is 31.4 Å². The van der Waals surface area contributed by atoms with E-state index in [1.807, 2.05) is 5.32 Å². The number of ether oxygens (including phenoxy) is 1. The van der Waals surface area contributed by atoms with Gasteiger partial charge in [-0.05, 0) is 31.2 Å². The Kier molecular flexibility index (Phi) is 4.39. The van der Waals surface area contributed by atoms with Gasteiger partial charge in [0.2, 0.25) is 5.60 Å². The van der Waals surface area contributed by atoms with Gasteiger partial charge in [-0.15, -0.1) is 0 Å². The first-order valence-electron chi connectivity index (χ1n) is 5.38. The molecule has 1 aromatic carbocycles. The third kappa shape index (κ3) is 3.27. The lowest BCUT2D eigenvalue weighted by atomic mass is 10.1. The van der Waals surface area contributed by atoms with E-state index in [-0.39, 0.29) is 11.3 Å². The van der Waals surface area contributed by atoms with E-state index in [0.29, 0.717) is 6.92 Å². The van der Waals surface area contributed by atoms with Crippen LogP contribution in [-0.4, -0.2) is 35.9 Å². The molecule has 0 aromatic heterocycles. The molecule has 0 spiro atoms. The molecule has 0 aliphatic carbocycles. The van der Waals surface area contributed by atoms with Crippen LogP contribution in [0.3, 0.4) is 0 Å². The summed E-state index contributed by atoms with van der Waals surface area (Å²) in [6, 6.07) is 4.97. The number of hydrogen-bond donors (Lipinski definition) is 2. The standard InChI is InChI=1S/C12H12F3NO4/c1-11(19,12(13,14)15)10(18)16-8-5-3-7(4-6-8)9(17)20-2/h3-6,19H,1-2H3,(H,16,18). The number of halogens is 3. The Hall–Kier alpha value is -2.09. The number of amides is 1. The lowest BCUT2D eigenvalue weighted by Gasteiger charge is -2.24. The molecule has 5 nitrogen and oxygen atoms in total. The average molecular weight is 291 g/mol. The van der Waals surface area contributed by atoms with Gasteiger partial charge in [0, 0.05) is 5.69 Å². The average Bonchev–Trinajstić information content (AvgIpc) is 2.37. The van der Waals surface area contributed by atoms with Crippen LogP contribution in [0, 0.1) is 0 Å². The molecule has 2 N–H and O–H groups in total. The van der Waals surface area contributed by atoms with E-state index >= 15 is 0 Å². The van der Waals surface area contributed by atoms with Crippen LogP contribution in [0.15, 0.2) is 24.3 Å². The molecule has 1 aromatic rings. The smallest absolute Gasteiger partial charge is 0.426 e. The highest BCUT2D eigenvalue weighted by Gasteiger charge is 2.55. The number of methoxy groups -OCH3 is 1. The first kappa shape index (κ1) is 16.0. The Balaban J connectivity index is 2.85. The number of hydrogen-bond acceptors (Lipinski definition) is 4. The van der Waals surface area contributed by atoms with E-state index < -0.39 is 23.7 Å². The minimum atomic E-state index is -5.09. The van der Waals surface area contributed by atoms with Crippen molar-refractivity contribution in [3.63, 3.8) is 0 Å². The predicted octanol–water partition coefficient (Wildman–Crippen LogP) is 1.72. The zero-order valence-electron chi connectivity index (χ0n) is 10.6. The van der Waals surface area contributed by atoms with Crippen molar-refractivity contribution in [2.24, 2.45) is 0 Å². The van der Waals surface area contributed by atoms with Crippen molar-refractivity contribution in [1.82, 2.24) is 0 Å². The summed E-state index contributed by atoms with van der Waals surface area (Å²) in [5.74, 6) is -2.24. The molecule has 0 aliphatic rings. The summed E-state index contributed by atoms with van der Waals surface area (Å²) in [5, 5.41) is 11.1. The van der Waals surface area contributed by atoms with Gasteiger partial charge in [-0.1, -0.05) is 0 Å². The fourth-order valence-corrected chi connectivity index (χ4v) is 1.19. The van der Waals surface area contributed by atoms with E-state index in [0.717, 1.165) is 0 Å². The topological polar surface area (TPSA) is 75.6 Å². The van der Waals surface area contributed by atoms with Crippen LogP contribution in [0.25, 0.3) is 0 Å². The normalized spacial score (nSPS) is 14.3. The van der Waals surface area contributed by atoms with Gasteiger partial charge in [0.15, 0.2) is 0 Å². The Morgan fingerprint density at radius 3 is 2.10 bits per heavy atom. The molecule has 0 bridgehead atoms. The number of nitrogens with one attached hydrogen (secondary N) is 1. The number of carbonyl (C=O) groups is 2. The number of benzene rings is 1. The fraction of sp³-hybridized carbons (Fsp3) is 0.333. The molecule has 0 saturated heterocycles. The number of rotatable bonds is 3. The number of esters is 1. The number of carbonyl (C=O) groups excluding carboxylic acids is 2. The second-order valence-corrected chi connectivity index (χ2v) is 4.09. The molecule has 0 saturated carbocycles. The Bertz CT molecular complexity index is 508. The molecular weight excluding hydrogens is 279 g/mol. The summed E-state index contributed by atoms with van der Waals surface area (Å²) < 4.78 is 41.7. The fourth-order valence-electron chi connectivity index (χ4n) is 1.19. The van der Waals surface area contributed by atoms with Gasteiger partial charge in [0.25, 0.3) is 5.91 Å². The highest BCUT2D eigenvalue weighted by molar-refractivity contribution is 5.98. The number of alkyl halides is 3. The molecule has 1 atom stereocenters. The lowest BCUT2D eigenvalue weighted by molar-refractivity contribution is -0.242. The number of anilines is 1. The van der Waals surface area contributed by atoms with Crippen molar-refractivity contribution in [1.29, 1.82) is 0 Å². The summed E-state index contributed by atoms with van der Waals surface area (Å²) in [7, 11) is 1.18. The first-order chi connectivity index (χ1) is 9.09. The van der Waals surface area contributed by atoms with Crippen LogP contribution >= 0.6 is 0 Å². The van der Waals surface area contributed by atoms with Crippen LogP contribution in [0.4, 0.5) is 18.9 Å². The largest absolute Gasteiger partial charge is 0.465 e. The summed E-state index contributed by atoms with van der Waals surface area (Å²) in [6.07, 6.45) is -5.09. The van der Waals surface area contributed by atoms with Crippen LogP contribution in [0.2, 0.25) is 0 Å². The molecule has 0 fully saturated rings. The van der Waals surface area contributed by atoms with Crippen LogP contribution < -0.4 is 5.32 Å². The Morgan fingerprint density at radius 2 is 1.70 bits per heavy atom. The SMILES string of the molecule is COC(=O)c1ccc(NC(=O)C(C)(O)C(F)(F)F)cc1. The van der Waals surface area contributed by atoms with Crippen molar-refractivity contribution >= 4 is 17.6 Å². The van der Waals surface area contributed by atoms with Gasteiger partial charge in [0.05, 0.1) is 12.7 Å². The number of aliphatic hydroxyl groups is 1. The van der Waals surface area contributed by atoms with Crippen molar-refractivity contribution in [3.8, 4) is 0 Å². The monoisotopic (exact) mass is 291 g/mol. The van der Waals surface area contributed by atoms with Crippen molar-refractivity contribution in [3.05, 3.63) is 29.8 Å². The highest BCUT2D eigenvalue weighted by atomic mass is 19.4. The van der Waals surface area contributed by atoms with Gasteiger partial charge in [-0.2, -0.15) is 13.2 Å². The molecule has 0 aliphatic heterocycles. The third-order valence-corrected chi connectivity index (χ3v) is 2.56. The molecule has 1 rings (SSSR count). The predicted molar refractivity (Wildman–Crippen MR) is 63.1 cm³/mol. The lowest BCUT2D eigenvalue weighted by Crippen LogP contribution is -2.52. The summed E-state index contributed by atoms with van der Waals surface area (Å²) in [5.41, 5.74) is -3.33. The van der Waals surface area contributed by atoms with Gasteiger partial charge < -0.3 is 15.2 Å². The minimum Gasteiger partial charge on any atom is -0.465 e. The second-order valence-electron chi connectivity index (χ2n) is 4.09. The zero-order valence-corrected chi connectivity index (χ0v) is 10.6. The van der Waals surface area contributed by atoms with Crippen LogP contribution in [-0.2, 0) is 9.53 Å². The summed E-state index contributed by atoms with van der Waals surface area (Å²) in [6.45, 7) is 0.352. The molecular formula is C12H12F3NO4. The second kappa shape index (κ2) is 5.49. The van der Waals surface area contributed by atoms with Gasteiger partial charge >= 0.3 is 12.1 Å². The van der Waals surface area contributed by atoms with Crippen LogP contribution in [0.5, 0.6) is 0 Å². The molecule has 1 amide bonds. The van der Waals surface area contributed by atoms with E-state index in [1.54, 1.807) is 0 Å². The highest BCUT2D eigenvalue weighted by Crippen LogP contribution is 2.31. The Labute approximate surface area is 112 Å². The maximum absolute atomic E-state index is 12.4. The maximum atomic E-state index is 12.4. The molecule has 0 heterocycles. The summed E-state index contributed by atoms with van der Waals surface area (Å²) in [4.78, 5) is 22.5. The van der Waals surface area contributed by atoms with Crippen molar-refractivity contribution in [2.75, 3.05) is 12.4 Å². The van der Waals surface area contributed by atoms with Gasteiger partial charge in [-0.3, -0.25) is 4.79 Å². The molecule has 110 valence electrons. The van der Waals surface area contributed by atoms with E-state index in [9.17, 15) is 22.8 Å². The van der Waals surface area contributed by atoms with Gasteiger partial charge in [-0.25, -0.2) is 4.79 Å². The first-order valence-corrected chi connectivity index (χ1v) is 5.38. The third-order valence-electron chi connectivity index (χ3n) is 2.56. The molecule has 20 heavy (non-hydrogen) atoms. The molecule has 8 heteroatoms. The molecule has 0 radical (unpaired) electrons. The summed E-state index contributed by atoms with van der Waals surface area (Å²) >= 11 is 0. The maximum Gasteiger partial charge on any atom is 0.426 e. The molecule has 1 unspecified atom stereocenters. The Morgan fingerprint density at radius 1 is 1.20 bits per heavy atom. The van der Waals surface area contributed by atoms with Gasteiger partial charge in [0.1, 0.15) is 0 Å². The van der Waals surface area contributed by atoms with E-state index in [2.05, 4.69) is 4.74 Å². The quantitative estimate of drug-likeness (QED) is 0.832. The van der Waals surface area contributed by atoms with Crippen molar-refractivity contribution in [2.45, 2.75) is 18.7 Å². The van der Waals surface area contributed by atoms with Crippen LogP contribution in [0.1, 0.15) is 17.3 Å². The zero-order chi connectivity index (χ0) is 15.6.